The molecule has 0 bridgehead atoms. The molecule has 0 aliphatic heterocycles. The summed E-state index contributed by atoms with van der Waals surface area (Å²) in [6, 6.07) is 6.66. The molecule has 104 valence electrons. The average Bonchev–Trinajstić information content (AvgIpc) is 2.27. The lowest BCUT2D eigenvalue weighted by Crippen LogP contribution is -2.34. The zero-order valence-electron chi connectivity index (χ0n) is 11.3. The maximum absolute atomic E-state index is 11.6. The Morgan fingerprint density at radius 3 is 2.63 bits per heavy atom. The van der Waals surface area contributed by atoms with Crippen LogP contribution in [0.3, 0.4) is 0 Å². The molecule has 0 heterocycles. The summed E-state index contributed by atoms with van der Waals surface area (Å²) in [6.07, 6.45) is 0.462. The van der Waals surface area contributed by atoms with Gasteiger partial charge in [-0.15, -0.1) is 0 Å². The third kappa shape index (κ3) is 6.45. The molecule has 19 heavy (non-hydrogen) atoms. The van der Waals surface area contributed by atoms with Gasteiger partial charge in [-0.1, -0.05) is 12.1 Å². The molecule has 1 rings (SSSR count). The number of carbonyl (C=O) groups excluding carboxylic acids is 2. The summed E-state index contributed by atoms with van der Waals surface area (Å²) in [5.74, 6) is -0.0998. The van der Waals surface area contributed by atoms with E-state index in [1.807, 2.05) is 13.8 Å². The Hall–Kier alpha value is -2.04. The summed E-state index contributed by atoms with van der Waals surface area (Å²) in [7, 11) is 0. The zero-order chi connectivity index (χ0) is 14.3. The van der Waals surface area contributed by atoms with Crippen LogP contribution in [0.25, 0.3) is 0 Å². The second-order valence-corrected chi connectivity index (χ2v) is 4.67. The van der Waals surface area contributed by atoms with E-state index in [9.17, 15) is 14.7 Å². The summed E-state index contributed by atoms with van der Waals surface area (Å²) in [4.78, 5) is 22.9. The van der Waals surface area contributed by atoms with Gasteiger partial charge in [-0.3, -0.25) is 9.59 Å². The molecule has 0 aliphatic rings. The van der Waals surface area contributed by atoms with Crippen LogP contribution in [0.2, 0.25) is 0 Å². The molecular formula is C14H20N2O3. The fourth-order valence-corrected chi connectivity index (χ4v) is 1.62. The van der Waals surface area contributed by atoms with Crippen LogP contribution in [-0.2, 0) is 16.0 Å². The molecule has 0 aromatic heterocycles. The number of benzene rings is 1. The van der Waals surface area contributed by atoms with Crippen molar-refractivity contribution in [3.8, 4) is 5.75 Å². The zero-order valence-corrected chi connectivity index (χ0v) is 11.3. The van der Waals surface area contributed by atoms with Crippen LogP contribution >= 0.6 is 0 Å². The molecule has 0 atom stereocenters. The van der Waals surface area contributed by atoms with Gasteiger partial charge in [-0.25, -0.2) is 0 Å². The fraction of sp³-hybridized carbons (Fsp3) is 0.429. The predicted molar refractivity (Wildman–Crippen MR) is 72.7 cm³/mol. The quantitative estimate of drug-likeness (QED) is 0.716. The maximum atomic E-state index is 11.6. The van der Waals surface area contributed by atoms with Gasteiger partial charge in [0.1, 0.15) is 5.75 Å². The van der Waals surface area contributed by atoms with Crippen LogP contribution in [0.1, 0.15) is 25.8 Å². The van der Waals surface area contributed by atoms with Crippen molar-refractivity contribution in [2.24, 2.45) is 0 Å². The van der Waals surface area contributed by atoms with Crippen molar-refractivity contribution in [3.63, 3.8) is 0 Å². The molecule has 5 heteroatoms. The molecule has 0 radical (unpaired) electrons. The molecular weight excluding hydrogens is 244 g/mol. The SMILES string of the molecule is CC(C)NC(=O)CCNC(=O)Cc1cccc(O)c1. The first-order valence-corrected chi connectivity index (χ1v) is 6.31. The summed E-state index contributed by atoms with van der Waals surface area (Å²) in [6.45, 7) is 4.09. The average molecular weight is 264 g/mol. The molecule has 0 aliphatic carbocycles. The first-order chi connectivity index (χ1) is 8.97. The van der Waals surface area contributed by atoms with Crippen molar-refractivity contribution in [2.45, 2.75) is 32.7 Å². The number of carbonyl (C=O) groups is 2. The summed E-state index contributed by atoms with van der Waals surface area (Å²) < 4.78 is 0. The predicted octanol–water partition coefficient (Wildman–Crippen LogP) is 0.966. The fourth-order valence-electron chi connectivity index (χ4n) is 1.62. The van der Waals surface area contributed by atoms with Crippen molar-refractivity contribution < 1.29 is 14.7 Å². The van der Waals surface area contributed by atoms with Gasteiger partial charge in [0.2, 0.25) is 11.8 Å². The lowest BCUT2D eigenvalue weighted by molar-refractivity contribution is -0.122. The van der Waals surface area contributed by atoms with Crippen molar-refractivity contribution in [3.05, 3.63) is 29.8 Å². The minimum Gasteiger partial charge on any atom is -0.508 e. The summed E-state index contributed by atoms with van der Waals surface area (Å²) >= 11 is 0. The second kappa shape index (κ2) is 7.41. The number of rotatable bonds is 6. The van der Waals surface area contributed by atoms with Gasteiger partial charge in [0.15, 0.2) is 0 Å². The Balaban J connectivity index is 2.27. The molecule has 3 N–H and O–H groups in total. The van der Waals surface area contributed by atoms with E-state index >= 15 is 0 Å². The second-order valence-electron chi connectivity index (χ2n) is 4.67. The number of nitrogens with one attached hydrogen (secondary N) is 2. The molecule has 1 aromatic carbocycles. The highest BCUT2D eigenvalue weighted by Gasteiger charge is 2.06. The van der Waals surface area contributed by atoms with E-state index < -0.39 is 0 Å². The van der Waals surface area contributed by atoms with E-state index in [0.29, 0.717) is 6.54 Å². The monoisotopic (exact) mass is 264 g/mol. The highest BCUT2D eigenvalue weighted by molar-refractivity contribution is 5.80. The number of aromatic hydroxyl groups is 1. The van der Waals surface area contributed by atoms with E-state index in [4.69, 9.17) is 0 Å². The van der Waals surface area contributed by atoms with Crippen LogP contribution in [0.4, 0.5) is 0 Å². The molecule has 1 aromatic rings. The summed E-state index contributed by atoms with van der Waals surface area (Å²) in [5.41, 5.74) is 0.740. The maximum Gasteiger partial charge on any atom is 0.224 e. The first-order valence-electron chi connectivity index (χ1n) is 6.31. The van der Waals surface area contributed by atoms with E-state index in [2.05, 4.69) is 10.6 Å². The lowest BCUT2D eigenvalue weighted by atomic mass is 10.1. The van der Waals surface area contributed by atoms with Crippen molar-refractivity contribution in [2.75, 3.05) is 6.54 Å². The topological polar surface area (TPSA) is 78.4 Å². The Morgan fingerprint density at radius 2 is 2.00 bits per heavy atom. The van der Waals surface area contributed by atoms with Gasteiger partial charge < -0.3 is 15.7 Å². The van der Waals surface area contributed by atoms with Gasteiger partial charge in [-0.05, 0) is 31.5 Å². The van der Waals surface area contributed by atoms with Crippen molar-refractivity contribution >= 4 is 11.8 Å². The number of phenolic OH excluding ortho intramolecular Hbond substituents is 1. The molecule has 0 saturated heterocycles. The third-order valence-electron chi connectivity index (χ3n) is 2.40. The van der Waals surface area contributed by atoms with Crippen LogP contribution in [0.15, 0.2) is 24.3 Å². The van der Waals surface area contributed by atoms with Gasteiger partial charge in [-0.2, -0.15) is 0 Å². The van der Waals surface area contributed by atoms with Crippen molar-refractivity contribution in [1.29, 1.82) is 0 Å². The number of amides is 2. The normalized spacial score (nSPS) is 10.3. The van der Waals surface area contributed by atoms with Gasteiger partial charge in [0.25, 0.3) is 0 Å². The van der Waals surface area contributed by atoms with Crippen LogP contribution in [0, 0.1) is 0 Å². The molecule has 0 spiro atoms. The molecule has 0 saturated carbocycles. The minimum atomic E-state index is -0.164. The molecule has 0 unspecified atom stereocenters. The first kappa shape index (κ1) is 15.0. The molecule has 5 nitrogen and oxygen atoms in total. The van der Waals surface area contributed by atoms with Crippen LogP contribution in [-0.4, -0.2) is 29.5 Å². The third-order valence-corrected chi connectivity index (χ3v) is 2.40. The number of hydrogen-bond donors (Lipinski definition) is 3. The van der Waals surface area contributed by atoms with Gasteiger partial charge in [0, 0.05) is 19.0 Å². The Morgan fingerprint density at radius 1 is 1.26 bits per heavy atom. The van der Waals surface area contributed by atoms with E-state index in [0.717, 1.165) is 5.56 Å². The molecule has 2 amide bonds. The standard InChI is InChI=1S/C14H20N2O3/c1-10(2)16-13(18)6-7-15-14(19)9-11-4-3-5-12(17)8-11/h3-5,8,10,17H,6-7,9H2,1-2H3,(H,15,19)(H,16,18). The van der Waals surface area contributed by atoms with Gasteiger partial charge in [0.05, 0.1) is 6.42 Å². The smallest absolute Gasteiger partial charge is 0.224 e. The minimum absolute atomic E-state index is 0.0762. The highest BCUT2D eigenvalue weighted by atomic mass is 16.3. The Kier molecular flexibility index (Phi) is 5.85. The lowest BCUT2D eigenvalue weighted by Gasteiger charge is -2.09. The van der Waals surface area contributed by atoms with Crippen molar-refractivity contribution in [1.82, 2.24) is 10.6 Å². The Bertz CT molecular complexity index is 444. The number of phenols is 1. The van der Waals surface area contributed by atoms with Crippen LogP contribution < -0.4 is 10.6 Å². The van der Waals surface area contributed by atoms with E-state index in [1.165, 1.54) is 0 Å². The summed E-state index contributed by atoms with van der Waals surface area (Å²) in [5, 5.41) is 14.7. The van der Waals surface area contributed by atoms with E-state index in [-0.39, 0.29) is 36.4 Å². The highest BCUT2D eigenvalue weighted by Crippen LogP contribution is 2.11. The van der Waals surface area contributed by atoms with Crippen LogP contribution in [0.5, 0.6) is 5.75 Å². The van der Waals surface area contributed by atoms with Gasteiger partial charge >= 0.3 is 0 Å². The number of hydrogen-bond acceptors (Lipinski definition) is 3. The van der Waals surface area contributed by atoms with E-state index in [1.54, 1.807) is 24.3 Å². The Labute approximate surface area is 113 Å². The molecule has 0 fully saturated rings. The largest absolute Gasteiger partial charge is 0.508 e.